The smallest absolute Gasteiger partial charge is 0.265 e. The van der Waals surface area contributed by atoms with Crippen LogP contribution in [0.15, 0.2) is 41.4 Å². The zero-order valence-electron chi connectivity index (χ0n) is 11.0. The zero-order valence-corrected chi connectivity index (χ0v) is 11.9. The van der Waals surface area contributed by atoms with Gasteiger partial charge in [-0.25, -0.2) is 8.42 Å². The third-order valence-electron chi connectivity index (χ3n) is 3.59. The highest BCUT2D eigenvalue weighted by Crippen LogP contribution is 2.31. The summed E-state index contributed by atoms with van der Waals surface area (Å²) in [6, 6.07) is 9.27. The van der Waals surface area contributed by atoms with Gasteiger partial charge in [0.15, 0.2) is 0 Å². The standard InChI is InChI=1S/C14H17N3O2S/c15-9-12-8-13(10-16-12)20(18,19)17-7-3-5-11-4-1-2-6-14(11)17/h1-2,4,6,8,10,16H,3,5,7,9,15H2. The molecule has 0 unspecified atom stereocenters. The van der Waals surface area contributed by atoms with Gasteiger partial charge < -0.3 is 10.7 Å². The van der Waals surface area contributed by atoms with Crippen LogP contribution in [0, 0.1) is 0 Å². The van der Waals surface area contributed by atoms with Crippen LogP contribution in [0.1, 0.15) is 17.7 Å². The first kappa shape index (κ1) is 13.2. The van der Waals surface area contributed by atoms with E-state index in [9.17, 15) is 8.42 Å². The monoisotopic (exact) mass is 291 g/mol. The van der Waals surface area contributed by atoms with Crippen LogP contribution in [0.2, 0.25) is 0 Å². The molecule has 0 fully saturated rings. The van der Waals surface area contributed by atoms with Crippen molar-refractivity contribution in [2.24, 2.45) is 5.73 Å². The Labute approximate surface area is 118 Å². The second-order valence-corrected chi connectivity index (χ2v) is 6.74. The van der Waals surface area contributed by atoms with Crippen molar-refractivity contribution in [3.05, 3.63) is 47.8 Å². The molecule has 2 heterocycles. The van der Waals surface area contributed by atoms with Crippen LogP contribution < -0.4 is 10.0 Å². The highest BCUT2D eigenvalue weighted by Gasteiger charge is 2.29. The Hall–Kier alpha value is -1.79. The number of aromatic amines is 1. The first-order valence-electron chi connectivity index (χ1n) is 6.61. The summed E-state index contributed by atoms with van der Waals surface area (Å²) in [6.45, 7) is 0.814. The van der Waals surface area contributed by atoms with Crippen LogP contribution in [-0.2, 0) is 23.0 Å². The summed E-state index contributed by atoms with van der Waals surface area (Å²) in [4.78, 5) is 3.17. The predicted molar refractivity (Wildman–Crippen MR) is 78.0 cm³/mol. The van der Waals surface area contributed by atoms with Crippen LogP contribution in [0.25, 0.3) is 0 Å². The number of anilines is 1. The number of para-hydroxylation sites is 1. The molecule has 0 radical (unpaired) electrons. The summed E-state index contributed by atoms with van der Waals surface area (Å²) >= 11 is 0. The summed E-state index contributed by atoms with van der Waals surface area (Å²) < 4.78 is 27.0. The lowest BCUT2D eigenvalue weighted by molar-refractivity contribution is 0.586. The van der Waals surface area contributed by atoms with E-state index < -0.39 is 10.0 Å². The van der Waals surface area contributed by atoms with E-state index in [0.29, 0.717) is 18.8 Å². The minimum atomic E-state index is -3.52. The highest BCUT2D eigenvalue weighted by molar-refractivity contribution is 7.92. The summed E-state index contributed by atoms with van der Waals surface area (Å²) in [5, 5.41) is 0. The fourth-order valence-corrected chi connectivity index (χ4v) is 4.12. The lowest BCUT2D eigenvalue weighted by Gasteiger charge is -2.30. The van der Waals surface area contributed by atoms with Gasteiger partial charge in [0.25, 0.3) is 10.0 Å². The van der Waals surface area contributed by atoms with Gasteiger partial charge in [0.1, 0.15) is 4.90 Å². The maximum absolute atomic E-state index is 12.7. The number of benzene rings is 1. The summed E-state index contributed by atoms with van der Waals surface area (Å²) in [5.74, 6) is 0. The molecule has 0 spiro atoms. The third kappa shape index (κ3) is 2.10. The SMILES string of the molecule is NCc1cc(S(=O)(=O)N2CCCc3ccccc32)c[nH]1. The van der Waals surface area contributed by atoms with Crippen molar-refractivity contribution in [3.63, 3.8) is 0 Å². The maximum atomic E-state index is 12.7. The molecule has 3 rings (SSSR count). The Bertz CT molecular complexity index is 722. The topological polar surface area (TPSA) is 79.2 Å². The Kier molecular flexibility index (Phi) is 3.27. The first-order chi connectivity index (χ1) is 9.63. The van der Waals surface area contributed by atoms with Gasteiger partial charge in [-0.15, -0.1) is 0 Å². The number of hydrogen-bond acceptors (Lipinski definition) is 3. The largest absolute Gasteiger partial charge is 0.363 e. The normalized spacial score (nSPS) is 15.2. The van der Waals surface area contributed by atoms with E-state index in [0.717, 1.165) is 24.1 Å². The van der Waals surface area contributed by atoms with Gasteiger partial charge in [0.2, 0.25) is 0 Å². The summed E-state index contributed by atoms with van der Waals surface area (Å²) in [5.41, 5.74) is 8.11. The van der Waals surface area contributed by atoms with Crippen molar-refractivity contribution in [2.45, 2.75) is 24.3 Å². The van der Waals surface area contributed by atoms with Crippen LogP contribution in [-0.4, -0.2) is 19.9 Å². The van der Waals surface area contributed by atoms with Crippen LogP contribution in [0.5, 0.6) is 0 Å². The highest BCUT2D eigenvalue weighted by atomic mass is 32.2. The van der Waals surface area contributed by atoms with Crippen LogP contribution >= 0.6 is 0 Å². The van der Waals surface area contributed by atoms with Gasteiger partial charge in [-0.3, -0.25) is 4.31 Å². The quantitative estimate of drug-likeness (QED) is 0.901. The molecule has 6 heteroatoms. The number of sulfonamides is 1. The fraction of sp³-hybridized carbons (Fsp3) is 0.286. The van der Waals surface area contributed by atoms with E-state index in [1.54, 1.807) is 6.07 Å². The van der Waals surface area contributed by atoms with E-state index in [-0.39, 0.29) is 4.90 Å². The number of hydrogen-bond donors (Lipinski definition) is 2. The number of aryl methyl sites for hydroxylation is 1. The number of rotatable bonds is 3. The predicted octanol–water partition coefficient (Wildman–Crippen LogP) is 1.61. The molecule has 0 bridgehead atoms. The molecule has 0 atom stereocenters. The fourth-order valence-electron chi connectivity index (χ4n) is 2.56. The van der Waals surface area contributed by atoms with E-state index in [2.05, 4.69) is 4.98 Å². The molecule has 0 aliphatic carbocycles. The molecule has 5 nitrogen and oxygen atoms in total. The number of aromatic nitrogens is 1. The number of H-pyrrole nitrogens is 1. The summed E-state index contributed by atoms with van der Waals surface area (Å²) in [6.07, 6.45) is 3.27. The molecule has 0 amide bonds. The molecule has 1 aromatic heterocycles. The van der Waals surface area contributed by atoms with Crippen molar-refractivity contribution in [1.82, 2.24) is 4.98 Å². The van der Waals surface area contributed by atoms with Crippen LogP contribution in [0.4, 0.5) is 5.69 Å². The Balaban J connectivity index is 2.04. The lowest BCUT2D eigenvalue weighted by atomic mass is 10.0. The van der Waals surface area contributed by atoms with Gasteiger partial charge in [-0.2, -0.15) is 0 Å². The molecule has 0 saturated carbocycles. The number of nitrogens with one attached hydrogen (secondary N) is 1. The van der Waals surface area contributed by atoms with Gasteiger partial charge in [-0.05, 0) is 30.5 Å². The molecule has 1 aliphatic rings. The molecule has 2 aromatic rings. The Morgan fingerprint density at radius 1 is 1.30 bits per heavy atom. The molecule has 1 aromatic carbocycles. The second-order valence-electron chi connectivity index (χ2n) is 4.87. The third-order valence-corrected chi connectivity index (χ3v) is 5.38. The van der Waals surface area contributed by atoms with Crippen molar-refractivity contribution in [3.8, 4) is 0 Å². The van der Waals surface area contributed by atoms with Crippen molar-refractivity contribution < 1.29 is 8.42 Å². The van der Waals surface area contributed by atoms with E-state index in [1.807, 2.05) is 24.3 Å². The number of nitrogens with two attached hydrogens (primary N) is 1. The second kappa shape index (κ2) is 4.96. The van der Waals surface area contributed by atoms with E-state index in [1.165, 1.54) is 10.5 Å². The van der Waals surface area contributed by atoms with Crippen molar-refractivity contribution >= 4 is 15.7 Å². The van der Waals surface area contributed by atoms with Gasteiger partial charge in [0.05, 0.1) is 5.69 Å². The molecular formula is C14H17N3O2S. The van der Waals surface area contributed by atoms with Crippen molar-refractivity contribution in [1.29, 1.82) is 0 Å². The molecule has 1 aliphatic heterocycles. The lowest BCUT2D eigenvalue weighted by Crippen LogP contribution is -2.35. The molecule has 20 heavy (non-hydrogen) atoms. The molecule has 0 saturated heterocycles. The number of nitrogens with zero attached hydrogens (tertiary/aromatic N) is 1. The first-order valence-corrected chi connectivity index (χ1v) is 8.05. The minimum Gasteiger partial charge on any atom is -0.363 e. The van der Waals surface area contributed by atoms with Gasteiger partial charge in [0, 0.05) is 25.0 Å². The van der Waals surface area contributed by atoms with Crippen LogP contribution in [0.3, 0.4) is 0 Å². The minimum absolute atomic E-state index is 0.273. The average molecular weight is 291 g/mol. The number of fused-ring (bicyclic) bond motifs is 1. The van der Waals surface area contributed by atoms with Gasteiger partial charge >= 0.3 is 0 Å². The maximum Gasteiger partial charge on any atom is 0.265 e. The van der Waals surface area contributed by atoms with E-state index >= 15 is 0 Å². The Morgan fingerprint density at radius 3 is 2.85 bits per heavy atom. The van der Waals surface area contributed by atoms with Crippen molar-refractivity contribution in [2.75, 3.05) is 10.8 Å². The van der Waals surface area contributed by atoms with E-state index in [4.69, 9.17) is 5.73 Å². The van der Waals surface area contributed by atoms with Gasteiger partial charge in [-0.1, -0.05) is 18.2 Å². The Morgan fingerprint density at radius 2 is 2.10 bits per heavy atom. The molecule has 3 N–H and O–H groups in total. The molecular weight excluding hydrogens is 274 g/mol. The molecule has 106 valence electrons. The zero-order chi connectivity index (χ0) is 14.2. The average Bonchev–Trinajstić information content (AvgIpc) is 2.96. The summed E-state index contributed by atoms with van der Waals surface area (Å²) in [7, 11) is -3.52.